The van der Waals surface area contributed by atoms with Gasteiger partial charge in [0, 0.05) is 6.54 Å². The smallest absolute Gasteiger partial charge is 0.0636 e. The molecule has 12 heavy (non-hydrogen) atoms. The fourth-order valence-corrected chi connectivity index (χ4v) is 0.815. The van der Waals surface area contributed by atoms with E-state index in [-0.39, 0.29) is 6.10 Å². The van der Waals surface area contributed by atoms with Crippen molar-refractivity contribution in [2.75, 3.05) is 13.1 Å². The highest BCUT2D eigenvalue weighted by atomic mass is 16.3. The molecule has 0 aliphatic carbocycles. The van der Waals surface area contributed by atoms with Gasteiger partial charge in [-0.05, 0) is 24.8 Å². The van der Waals surface area contributed by atoms with Crippen LogP contribution >= 0.6 is 0 Å². The Bertz CT molecular complexity index is 115. The van der Waals surface area contributed by atoms with Gasteiger partial charge in [0.15, 0.2) is 0 Å². The van der Waals surface area contributed by atoms with Gasteiger partial charge in [0.05, 0.1) is 6.10 Å². The first-order valence-corrected chi connectivity index (χ1v) is 4.73. The molecule has 0 spiro atoms. The number of hydrogen-bond acceptors (Lipinski definition) is 2. The first-order valence-electron chi connectivity index (χ1n) is 4.73. The molecule has 2 N–H and O–H groups in total. The molecule has 0 aliphatic heterocycles. The Labute approximate surface area is 76.4 Å². The van der Waals surface area contributed by atoms with Gasteiger partial charge in [-0.1, -0.05) is 27.7 Å². The van der Waals surface area contributed by atoms with Gasteiger partial charge in [0.25, 0.3) is 0 Å². The molecule has 2 heteroatoms. The van der Waals surface area contributed by atoms with E-state index in [0.29, 0.717) is 17.9 Å². The maximum Gasteiger partial charge on any atom is 0.0636 e. The van der Waals surface area contributed by atoms with E-state index in [4.69, 9.17) is 5.11 Å². The number of nitrogens with one attached hydrogen (secondary N) is 1. The van der Waals surface area contributed by atoms with Gasteiger partial charge >= 0.3 is 0 Å². The van der Waals surface area contributed by atoms with E-state index in [1.807, 2.05) is 0 Å². The lowest BCUT2D eigenvalue weighted by atomic mass is 9.82. The highest BCUT2D eigenvalue weighted by Gasteiger charge is 2.19. The summed E-state index contributed by atoms with van der Waals surface area (Å²) in [6.07, 6.45) is -0.239. The standard InChI is InChI=1S/C10H23NO/c1-8(10(3,4)5)6-11-7-9(2)12/h8-9,11-12H,6-7H2,1-5H3/t8?,9-/m0/s1. The van der Waals surface area contributed by atoms with Crippen LogP contribution in [0.1, 0.15) is 34.6 Å². The van der Waals surface area contributed by atoms with Crippen LogP contribution in [0.4, 0.5) is 0 Å². The molecule has 1 unspecified atom stereocenters. The molecular formula is C10H23NO. The third kappa shape index (κ3) is 5.56. The van der Waals surface area contributed by atoms with Crippen molar-refractivity contribution in [2.24, 2.45) is 11.3 Å². The van der Waals surface area contributed by atoms with Crippen molar-refractivity contribution < 1.29 is 5.11 Å². The summed E-state index contributed by atoms with van der Waals surface area (Å²) in [6, 6.07) is 0. The van der Waals surface area contributed by atoms with Crippen LogP contribution in [-0.4, -0.2) is 24.3 Å². The van der Waals surface area contributed by atoms with E-state index in [1.54, 1.807) is 6.92 Å². The summed E-state index contributed by atoms with van der Waals surface area (Å²) in [4.78, 5) is 0. The maximum atomic E-state index is 9.01. The largest absolute Gasteiger partial charge is 0.392 e. The van der Waals surface area contributed by atoms with Crippen LogP contribution in [0.2, 0.25) is 0 Å². The van der Waals surface area contributed by atoms with Gasteiger partial charge in [0.2, 0.25) is 0 Å². The minimum atomic E-state index is -0.239. The zero-order valence-corrected chi connectivity index (χ0v) is 9.02. The highest BCUT2D eigenvalue weighted by Crippen LogP contribution is 2.24. The van der Waals surface area contributed by atoms with Crippen LogP contribution in [0, 0.1) is 11.3 Å². The average molecular weight is 173 g/mol. The van der Waals surface area contributed by atoms with Gasteiger partial charge in [-0.2, -0.15) is 0 Å². The third-order valence-corrected chi connectivity index (χ3v) is 2.37. The fourth-order valence-electron chi connectivity index (χ4n) is 0.815. The van der Waals surface area contributed by atoms with Crippen LogP contribution in [0.3, 0.4) is 0 Å². The first-order chi connectivity index (χ1) is 5.34. The molecule has 0 bridgehead atoms. The number of aliphatic hydroxyl groups excluding tert-OH is 1. The highest BCUT2D eigenvalue weighted by molar-refractivity contribution is 4.72. The molecule has 0 saturated heterocycles. The number of aliphatic hydroxyl groups is 1. The lowest BCUT2D eigenvalue weighted by Gasteiger charge is -2.27. The van der Waals surface area contributed by atoms with Crippen molar-refractivity contribution in [3.05, 3.63) is 0 Å². The minimum Gasteiger partial charge on any atom is -0.392 e. The Morgan fingerprint density at radius 1 is 1.17 bits per heavy atom. The molecule has 0 aromatic heterocycles. The molecule has 0 saturated carbocycles. The van der Waals surface area contributed by atoms with Crippen molar-refractivity contribution in [1.29, 1.82) is 0 Å². The summed E-state index contributed by atoms with van der Waals surface area (Å²) in [7, 11) is 0. The average Bonchev–Trinajstić information content (AvgIpc) is 1.84. The zero-order valence-electron chi connectivity index (χ0n) is 9.02. The monoisotopic (exact) mass is 173 g/mol. The molecule has 0 aromatic carbocycles. The Kier molecular flexibility index (Phi) is 4.80. The second-order valence-electron chi connectivity index (χ2n) is 4.77. The van der Waals surface area contributed by atoms with Crippen molar-refractivity contribution in [2.45, 2.75) is 40.7 Å². The summed E-state index contributed by atoms with van der Waals surface area (Å²) >= 11 is 0. The summed E-state index contributed by atoms with van der Waals surface area (Å²) < 4.78 is 0. The molecule has 2 nitrogen and oxygen atoms in total. The molecule has 0 radical (unpaired) electrons. The van der Waals surface area contributed by atoms with Crippen molar-refractivity contribution in [3.8, 4) is 0 Å². The van der Waals surface area contributed by atoms with E-state index in [1.165, 1.54) is 0 Å². The molecule has 0 heterocycles. The topological polar surface area (TPSA) is 32.3 Å². The van der Waals surface area contributed by atoms with Gasteiger partial charge in [-0.25, -0.2) is 0 Å². The van der Waals surface area contributed by atoms with E-state index in [2.05, 4.69) is 33.0 Å². The quantitative estimate of drug-likeness (QED) is 0.677. The Morgan fingerprint density at radius 3 is 2.00 bits per heavy atom. The first kappa shape index (κ1) is 11.9. The van der Waals surface area contributed by atoms with E-state index in [0.717, 1.165) is 6.54 Å². The molecule has 2 atom stereocenters. The van der Waals surface area contributed by atoms with E-state index >= 15 is 0 Å². The molecule has 0 rings (SSSR count). The van der Waals surface area contributed by atoms with E-state index in [9.17, 15) is 0 Å². The summed E-state index contributed by atoms with van der Waals surface area (Å²) in [5, 5.41) is 12.2. The van der Waals surface area contributed by atoms with Crippen LogP contribution in [0.15, 0.2) is 0 Å². The molecule has 0 aliphatic rings. The molecular weight excluding hydrogens is 150 g/mol. The SMILES string of the molecule is CC(CNC[C@H](C)O)C(C)(C)C. The summed E-state index contributed by atoms with van der Waals surface area (Å²) in [5.41, 5.74) is 0.353. The third-order valence-electron chi connectivity index (χ3n) is 2.37. The number of hydrogen-bond donors (Lipinski definition) is 2. The summed E-state index contributed by atoms with van der Waals surface area (Å²) in [5.74, 6) is 0.635. The molecule has 0 fully saturated rings. The lowest BCUT2D eigenvalue weighted by molar-refractivity contribution is 0.180. The molecule has 0 amide bonds. The van der Waals surface area contributed by atoms with Crippen LogP contribution in [-0.2, 0) is 0 Å². The summed E-state index contributed by atoms with van der Waals surface area (Å²) in [6.45, 7) is 12.4. The van der Waals surface area contributed by atoms with Gasteiger partial charge in [0.1, 0.15) is 0 Å². The zero-order chi connectivity index (χ0) is 9.78. The Morgan fingerprint density at radius 2 is 1.67 bits per heavy atom. The second-order valence-corrected chi connectivity index (χ2v) is 4.77. The van der Waals surface area contributed by atoms with Crippen LogP contribution in [0.5, 0.6) is 0 Å². The predicted molar refractivity (Wildman–Crippen MR) is 53.2 cm³/mol. The van der Waals surface area contributed by atoms with Crippen molar-refractivity contribution in [1.82, 2.24) is 5.32 Å². The number of rotatable bonds is 4. The van der Waals surface area contributed by atoms with E-state index < -0.39 is 0 Å². The second kappa shape index (κ2) is 4.83. The van der Waals surface area contributed by atoms with Gasteiger partial charge < -0.3 is 10.4 Å². The van der Waals surface area contributed by atoms with Crippen molar-refractivity contribution >= 4 is 0 Å². The van der Waals surface area contributed by atoms with Gasteiger partial charge in [-0.3, -0.25) is 0 Å². The van der Waals surface area contributed by atoms with Crippen LogP contribution < -0.4 is 5.32 Å². The molecule has 74 valence electrons. The van der Waals surface area contributed by atoms with Crippen LogP contribution in [0.25, 0.3) is 0 Å². The normalized spacial score (nSPS) is 17.5. The maximum absolute atomic E-state index is 9.01. The minimum absolute atomic E-state index is 0.239. The molecule has 0 aromatic rings. The Balaban J connectivity index is 3.51. The predicted octanol–water partition coefficient (Wildman–Crippen LogP) is 1.64. The Hall–Kier alpha value is -0.0800. The lowest BCUT2D eigenvalue weighted by Crippen LogP contribution is -2.33. The van der Waals surface area contributed by atoms with Gasteiger partial charge in [-0.15, -0.1) is 0 Å². The van der Waals surface area contributed by atoms with Crippen molar-refractivity contribution in [3.63, 3.8) is 0 Å². The fraction of sp³-hybridized carbons (Fsp3) is 1.00.